The SMILES string of the molecule is CCCC[NH+](CCCC)CC(O)c1cc2ccc(Br)cc2c2ccsc12.[Cl-]. The lowest BCUT2D eigenvalue weighted by Crippen LogP contribution is -3.12. The molecule has 0 saturated heterocycles. The molecule has 0 aliphatic heterocycles. The highest BCUT2D eigenvalue weighted by atomic mass is 79.9. The van der Waals surface area contributed by atoms with E-state index >= 15 is 0 Å². The minimum Gasteiger partial charge on any atom is -1.00 e. The number of quaternary nitrogens is 1. The number of benzene rings is 2. The molecule has 2 N–H and O–H groups in total. The maximum absolute atomic E-state index is 11.1. The number of hydrogen-bond donors (Lipinski definition) is 2. The van der Waals surface area contributed by atoms with Gasteiger partial charge in [0.1, 0.15) is 12.6 Å². The predicted molar refractivity (Wildman–Crippen MR) is 117 cm³/mol. The van der Waals surface area contributed by atoms with Gasteiger partial charge < -0.3 is 22.4 Å². The van der Waals surface area contributed by atoms with E-state index in [9.17, 15) is 5.11 Å². The number of hydrogen-bond acceptors (Lipinski definition) is 2. The second-order valence-electron chi connectivity index (χ2n) is 7.17. The molecule has 5 heteroatoms. The minimum atomic E-state index is -0.409. The summed E-state index contributed by atoms with van der Waals surface area (Å²) in [4.78, 5) is 1.53. The Bertz CT molecular complexity index is 858. The standard InChI is InChI=1S/C22H28BrNOS.ClH/c1-3-5-10-24(11-6-4-2)15-21(25)20-13-16-7-8-17(23)14-19(16)18-9-12-26-22(18)20;/h7-9,12-14,21,25H,3-6,10-11,15H2,1-2H3;1H. The Balaban J connectivity index is 0.00000261. The average Bonchev–Trinajstić information content (AvgIpc) is 3.13. The quantitative estimate of drug-likeness (QED) is 0.493. The molecule has 0 aliphatic rings. The van der Waals surface area contributed by atoms with Crippen LogP contribution in [-0.2, 0) is 0 Å². The van der Waals surface area contributed by atoms with Crippen molar-refractivity contribution >= 4 is 48.1 Å². The fourth-order valence-corrected chi connectivity index (χ4v) is 5.02. The van der Waals surface area contributed by atoms with Crippen molar-refractivity contribution in [2.45, 2.75) is 45.6 Å². The Labute approximate surface area is 181 Å². The molecule has 2 nitrogen and oxygen atoms in total. The highest BCUT2D eigenvalue weighted by Gasteiger charge is 2.20. The van der Waals surface area contributed by atoms with E-state index in [1.807, 2.05) is 0 Å². The third-order valence-corrected chi connectivity index (χ3v) is 6.61. The van der Waals surface area contributed by atoms with Gasteiger partial charge in [-0.15, -0.1) is 11.3 Å². The first kappa shape index (κ1) is 22.6. The second-order valence-corrected chi connectivity index (χ2v) is 9.00. The lowest BCUT2D eigenvalue weighted by molar-refractivity contribution is -0.904. The number of nitrogens with one attached hydrogen (secondary N) is 1. The topological polar surface area (TPSA) is 24.7 Å². The normalized spacial score (nSPS) is 12.6. The number of aliphatic hydroxyl groups excluding tert-OH is 1. The van der Waals surface area contributed by atoms with Gasteiger partial charge in [-0.1, -0.05) is 48.7 Å². The summed E-state index contributed by atoms with van der Waals surface area (Å²) in [6.45, 7) is 7.59. The van der Waals surface area contributed by atoms with Gasteiger partial charge in [-0.25, -0.2) is 0 Å². The van der Waals surface area contributed by atoms with Crippen molar-refractivity contribution in [3.05, 3.63) is 45.7 Å². The zero-order valence-corrected chi connectivity index (χ0v) is 19.3. The Morgan fingerprint density at radius 2 is 1.74 bits per heavy atom. The molecule has 0 aliphatic carbocycles. The van der Waals surface area contributed by atoms with Gasteiger partial charge in [0.25, 0.3) is 0 Å². The van der Waals surface area contributed by atoms with Crippen LogP contribution in [-0.4, -0.2) is 24.7 Å². The van der Waals surface area contributed by atoms with Crippen LogP contribution < -0.4 is 17.3 Å². The van der Waals surface area contributed by atoms with Crippen LogP contribution in [0.15, 0.2) is 40.2 Å². The molecule has 3 rings (SSSR count). The van der Waals surface area contributed by atoms with Crippen LogP contribution in [0.1, 0.15) is 51.2 Å². The van der Waals surface area contributed by atoms with E-state index in [4.69, 9.17) is 0 Å². The molecule has 1 heterocycles. The molecule has 27 heavy (non-hydrogen) atoms. The monoisotopic (exact) mass is 469 g/mol. The van der Waals surface area contributed by atoms with E-state index in [0.29, 0.717) is 0 Å². The minimum absolute atomic E-state index is 0. The Morgan fingerprint density at radius 1 is 1.04 bits per heavy atom. The molecule has 0 saturated carbocycles. The van der Waals surface area contributed by atoms with Gasteiger partial charge in [0.05, 0.1) is 13.1 Å². The van der Waals surface area contributed by atoms with Crippen LogP contribution in [0.25, 0.3) is 20.9 Å². The highest BCUT2D eigenvalue weighted by molar-refractivity contribution is 9.10. The molecule has 1 unspecified atom stereocenters. The maximum atomic E-state index is 11.1. The molecule has 1 aromatic heterocycles. The molecule has 0 bridgehead atoms. The second kappa shape index (κ2) is 10.8. The van der Waals surface area contributed by atoms with E-state index in [0.717, 1.165) is 29.7 Å². The first-order valence-electron chi connectivity index (χ1n) is 9.75. The Kier molecular flexibility index (Phi) is 9.03. The maximum Gasteiger partial charge on any atom is 0.129 e. The summed E-state index contributed by atoms with van der Waals surface area (Å²) in [5, 5.41) is 17.0. The van der Waals surface area contributed by atoms with Gasteiger partial charge in [0.15, 0.2) is 0 Å². The van der Waals surface area contributed by atoms with E-state index < -0.39 is 6.10 Å². The molecule has 0 amide bonds. The van der Waals surface area contributed by atoms with Crippen molar-refractivity contribution < 1.29 is 22.4 Å². The first-order valence-corrected chi connectivity index (χ1v) is 11.4. The number of thiophene rings is 1. The molecule has 0 spiro atoms. The van der Waals surface area contributed by atoms with Crippen LogP contribution in [0.3, 0.4) is 0 Å². The van der Waals surface area contributed by atoms with Crippen LogP contribution in [0, 0.1) is 0 Å². The zero-order valence-electron chi connectivity index (χ0n) is 16.1. The summed E-state index contributed by atoms with van der Waals surface area (Å²) >= 11 is 5.33. The zero-order chi connectivity index (χ0) is 18.5. The van der Waals surface area contributed by atoms with Gasteiger partial charge >= 0.3 is 0 Å². The Hall–Kier alpha value is -0.650. The number of halogens is 2. The predicted octanol–water partition coefficient (Wildman–Crippen LogP) is 2.34. The van der Waals surface area contributed by atoms with E-state index in [-0.39, 0.29) is 12.4 Å². The molecular formula is C22H29BrClNOS. The van der Waals surface area contributed by atoms with Gasteiger partial charge in [-0.3, -0.25) is 0 Å². The number of aliphatic hydroxyl groups is 1. The van der Waals surface area contributed by atoms with Gasteiger partial charge in [-0.05, 0) is 53.3 Å². The van der Waals surface area contributed by atoms with Crippen molar-refractivity contribution in [1.82, 2.24) is 0 Å². The van der Waals surface area contributed by atoms with Crippen molar-refractivity contribution in [3.8, 4) is 0 Å². The number of unbranched alkanes of at least 4 members (excludes halogenated alkanes) is 2. The largest absolute Gasteiger partial charge is 1.00 e. The molecule has 0 fully saturated rings. The molecule has 148 valence electrons. The van der Waals surface area contributed by atoms with Crippen molar-refractivity contribution in [2.75, 3.05) is 19.6 Å². The van der Waals surface area contributed by atoms with E-state index in [2.05, 4.69) is 65.5 Å². The summed E-state index contributed by atoms with van der Waals surface area (Å²) in [5.74, 6) is 0. The first-order chi connectivity index (χ1) is 12.6. The fourth-order valence-electron chi connectivity index (χ4n) is 3.68. The van der Waals surface area contributed by atoms with E-state index in [1.54, 1.807) is 11.3 Å². The number of fused-ring (bicyclic) bond motifs is 3. The van der Waals surface area contributed by atoms with Crippen LogP contribution in [0.4, 0.5) is 0 Å². The molecular weight excluding hydrogens is 442 g/mol. The van der Waals surface area contributed by atoms with E-state index in [1.165, 1.54) is 51.4 Å². The van der Waals surface area contributed by atoms with Gasteiger partial charge in [0.2, 0.25) is 0 Å². The fraction of sp³-hybridized carbons (Fsp3) is 0.455. The molecule has 3 aromatic rings. The van der Waals surface area contributed by atoms with Crippen LogP contribution in [0.5, 0.6) is 0 Å². The molecule has 2 aromatic carbocycles. The van der Waals surface area contributed by atoms with Crippen molar-refractivity contribution in [3.63, 3.8) is 0 Å². The van der Waals surface area contributed by atoms with Crippen LogP contribution in [0.2, 0.25) is 0 Å². The summed E-state index contributed by atoms with van der Waals surface area (Å²) < 4.78 is 2.33. The Morgan fingerprint density at radius 3 is 2.41 bits per heavy atom. The molecule has 1 atom stereocenters. The van der Waals surface area contributed by atoms with Gasteiger partial charge in [-0.2, -0.15) is 0 Å². The summed E-state index contributed by atoms with van der Waals surface area (Å²) in [6.07, 6.45) is 4.47. The van der Waals surface area contributed by atoms with Crippen LogP contribution >= 0.6 is 27.3 Å². The van der Waals surface area contributed by atoms with Crippen molar-refractivity contribution in [2.24, 2.45) is 0 Å². The summed E-state index contributed by atoms with van der Waals surface area (Å²) in [7, 11) is 0. The third kappa shape index (κ3) is 5.45. The average molecular weight is 471 g/mol. The lowest BCUT2D eigenvalue weighted by Gasteiger charge is -2.23. The smallest absolute Gasteiger partial charge is 0.129 e. The number of rotatable bonds is 9. The highest BCUT2D eigenvalue weighted by Crippen LogP contribution is 2.36. The summed E-state index contributed by atoms with van der Waals surface area (Å²) in [6, 6.07) is 10.8. The lowest BCUT2D eigenvalue weighted by atomic mass is 9.99. The third-order valence-electron chi connectivity index (χ3n) is 5.15. The van der Waals surface area contributed by atoms with Gasteiger partial charge in [0, 0.05) is 20.1 Å². The summed E-state index contributed by atoms with van der Waals surface area (Å²) in [5.41, 5.74) is 1.09. The molecule has 0 radical (unpaired) electrons. The van der Waals surface area contributed by atoms with Crippen molar-refractivity contribution in [1.29, 1.82) is 0 Å².